The fourth-order valence-corrected chi connectivity index (χ4v) is 7.32. The third kappa shape index (κ3) is 5.84. The van der Waals surface area contributed by atoms with Gasteiger partial charge in [0.15, 0.2) is 0 Å². The molecule has 228 valence electrons. The Bertz CT molecular complexity index is 1300. The summed E-state index contributed by atoms with van der Waals surface area (Å²) in [7, 11) is 0. The third-order valence-electron chi connectivity index (χ3n) is 9.53. The first-order chi connectivity index (χ1) is 20.9. The normalized spacial score (nSPS) is 27.0. The molecule has 43 heavy (non-hydrogen) atoms. The van der Waals surface area contributed by atoms with E-state index in [4.69, 9.17) is 4.74 Å². The summed E-state index contributed by atoms with van der Waals surface area (Å²) < 4.78 is 5.56. The molecule has 4 atom stereocenters. The van der Waals surface area contributed by atoms with E-state index in [1.54, 1.807) is 19.6 Å². The van der Waals surface area contributed by atoms with Crippen molar-refractivity contribution in [2.24, 2.45) is 5.92 Å². The second-order valence-electron chi connectivity index (χ2n) is 12.1. The fourth-order valence-electron chi connectivity index (χ4n) is 7.32. The van der Waals surface area contributed by atoms with E-state index in [0.717, 1.165) is 12.0 Å². The van der Waals surface area contributed by atoms with E-state index < -0.39 is 30.1 Å². The standard InChI is InChI=1S/C33H40N4O6/c38-29(24-12-4-5-13-24)34-18-6-14-25(34)30(39)35-19-7-15-26(35)31(40)36-20-8-16-27(36)32(41)37-21-9-17-28(37)33(42)43-22-23-10-2-1-3-11-23/h1-5,10-13,24-28H,6-9,14-22H2/t25-,26-,27-,28-/m0/s1. The maximum Gasteiger partial charge on any atom is 0.329 e. The van der Waals surface area contributed by atoms with Gasteiger partial charge in [-0.2, -0.15) is 0 Å². The first kappa shape index (κ1) is 29.1. The molecule has 0 spiro atoms. The lowest BCUT2D eigenvalue weighted by atomic mass is 10.1. The van der Waals surface area contributed by atoms with Crippen molar-refractivity contribution in [2.45, 2.75) is 82.1 Å². The summed E-state index contributed by atoms with van der Waals surface area (Å²) in [4.78, 5) is 74.3. The molecular weight excluding hydrogens is 548 g/mol. The molecule has 0 unspecified atom stereocenters. The van der Waals surface area contributed by atoms with Gasteiger partial charge in [-0.05, 0) is 56.9 Å². The molecule has 0 bridgehead atoms. The second-order valence-corrected chi connectivity index (χ2v) is 12.1. The molecule has 5 aliphatic rings. The number of benzene rings is 1. The van der Waals surface area contributed by atoms with Gasteiger partial charge >= 0.3 is 5.97 Å². The first-order valence-corrected chi connectivity index (χ1v) is 15.7. The molecule has 0 N–H and O–H groups in total. The Balaban J connectivity index is 1.10. The summed E-state index contributed by atoms with van der Waals surface area (Å²) in [5.41, 5.74) is 0.882. The molecule has 4 aliphatic heterocycles. The first-order valence-electron chi connectivity index (χ1n) is 15.7. The number of carbonyl (C=O) groups is 5. The summed E-state index contributed by atoms with van der Waals surface area (Å²) in [6.45, 7) is 2.04. The SMILES string of the molecule is O=C(OCc1ccccc1)[C@@H]1CCCN1C(=O)[C@@H]1CCCN1C(=O)[C@@H]1CCCN1C(=O)[C@@H]1CCCN1C(=O)C1C=CC=C1. The lowest BCUT2D eigenvalue weighted by molar-refractivity contribution is -0.157. The molecule has 1 aromatic rings. The summed E-state index contributed by atoms with van der Waals surface area (Å²) in [6.07, 6.45) is 12.4. The quantitative estimate of drug-likeness (QED) is 0.453. The Hall–Kier alpha value is -3.95. The highest BCUT2D eigenvalue weighted by molar-refractivity contribution is 5.96. The Morgan fingerprint density at radius 3 is 1.49 bits per heavy atom. The van der Waals surface area contributed by atoms with Gasteiger partial charge in [-0.25, -0.2) is 4.79 Å². The van der Waals surface area contributed by atoms with Crippen LogP contribution in [0.2, 0.25) is 0 Å². The van der Waals surface area contributed by atoms with Gasteiger partial charge in [-0.15, -0.1) is 0 Å². The molecule has 0 radical (unpaired) electrons. The minimum absolute atomic E-state index is 0.0735. The van der Waals surface area contributed by atoms with E-state index in [-0.39, 0.29) is 36.2 Å². The van der Waals surface area contributed by atoms with Crippen LogP contribution in [0.5, 0.6) is 0 Å². The third-order valence-corrected chi connectivity index (χ3v) is 9.53. The smallest absolute Gasteiger partial charge is 0.329 e. The number of hydrogen-bond donors (Lipinski definition) is 0. The van der Waals surface area contributed by atoms with Gasteiger partial charge in [-0.3, -0.25) is 19.2 Å². The van der Waals surface area contributed by atoms with E-state index in [0.29, 0.717) is 71.1 Å². The van der Waals surface area contributed by atoms with E-state index in [1.165, 1.54) is 0 Å². The molecule has 1 aliphatic carbocycles. The van der Waals surface area contributed by atoms with Crippen LogP contribution in [0, 0.1) is 5.92 Å². The molecule has 4 amide bonds. The van der Waals surface area contributed by atoms with E-state index >= 15 is 0 Å². The average molecular weight is 589 g/mol. The Morgan fingerprint density at radius 1 is 0.581 bits per heavy atom. The molecule has 6 rings (SSSR count). The molecule has 1 aromatic carbocycles. The van der Waals surface area contributed by atoms with Crippen molar-refractivity contribution in [3.8, 4) is 0 Å². The van der Waals surface area contributed by atoms with Crippen LogP contribution in [0.1, 0.15) is 56.9 Å². The number of nitrogens with zero attached hydrogens (tertiary/aromatic N) is 4. The summed E-state index contributed by atoms with van der Waals surface area (Å²) in [5, 5.41) is 0. The summed E-state index contributed by atoms with van der Waals surface area (Å²) in [6, 6.07) is 6.91. The van der Waals surface area contributed by atoms with Crippen LogP contribution in [0.3, 0.4) is 0 Å². The number of amides is 4. The van der Waals surface area contributed by atoms with E-state index in [2.05, 4.69) is 0 Å². The van der Waals surface area contributed by atoms with Crippen molar-refractivity contribution in [1.82, 2.24) is 19.6 Å². The topological polar surface area (TPSA) is 108 Å². The maximum atomic E-state index is 14.0. The van der Waals surface area contributed by atoms with Crippen LogP contribution in [-0.4, -0.2) is 99.5 Å². The van der Waals surface area contributed by atoms with Gasteiger partial charge in [-0.1, -0.05) is 54.6 Å². The van der Waals surface area contributed by atoms with Gasteiger partial charge in [0, 0.05) is 26.2 Å². The fraction of sp³-hybridized carbons (Fsp3) is 0.545. The molecule has 0 saturated carbocycles. The van der Waals surface area contributed by atoms with E-state index in [9.17, 15) is 24.0 Å². The lowest BCUT2D eigenvalue weighted by Gasteiger charge is -2.35. The monoisotopic (exact) mass is 588 g/mol. The number of allylic oxidation sites excluding steroid dienone is 2. The van der Waals surface area contributed by atoms with Crippen LogP contribution >= 0.6 is 0 Å². The zero-order valence-corrected chi connectivity index (χ0v) is 24.5. The zero-order valence-electron chi connectivity index (χ0n) is 24.5. The minimum atomic E-state index is -0.659. The molecule has 10 heteroatoms. The largest absolute Gasteiger partial charge is 0.459 e. The predicted octanol–water partition coefficient (Wildman–Crippen LogP) is 2.44. The lowest BCUT2D eigenvalue weighted by Crippen LogP contribution is -2.57. The van der Waals surface area contributed by atoms with Crippen molar-refractivity contribution in [2.75, 3.05) is 26.2 Å². The Kier molecular flexibility index (Phi) is 8.63. The molecule has 4 fully saturated rings. The molecule has 0 aromatic heterocycles. The predicted molar refractivity (Wildman–Crippen MR) is 157 cm³/mol. The van der Waals surface area contributed by atoms with Gasteiger partial charge in [0.25, 0.3) is 0 Å². The van der Waals surface area contributed by atoms with Gasteiger partial charge in [0.05, 0.1) is 5.92 Å². The number of hydrogen-bond acceptors (Lipinski definition) is 6. The van der Waals surface area contributed by atoms with Crippen molar-refractivity contribution in [1.29, 1.82) is 0 Å². The van der Waals surface area contributed by atoms with Crippen molar-refractivity contribution in [3.63, 3.8) is 0 Å². The number of rotatable bonds is 7. The van der Waals surface area contributed by atoms with Crippen LogP contribution in [0.15, 0.2) is 54.6 Å². The maximum absolute atomic E-state index is 14.0. The Labute approximate surface area is 252 Å². The molecule has 10 nitrogen and oxygen atoms in total. The zero-order chi connectivity index (χ0) is 29.9. The van der Waals surface area contributed by atoms with Gasteiger partial charge < -0.3 is 24.3 Å². The minimum Gasteiger partial charge on any atom is -0.459 e. The second kappa shape index (κ2) is 12.7. The number of esters is 1. The van der Waals surface area contributed by atoms with Crippen molar-refractivity contribution in [3.05, 3.63) is 60.2 Å². The molecule has 4 heterocycles. The van der Waals surface area contributed by atoms with Crippen LogP contribution in [-0.2, 0) is 35.3 Å². The highest BCUT2D eigenvalue weighted by Gasteiger charge is 2.48. The highest BCUT2D eigenvalue weighted by Crippen LogP contribution is 2.31. The average Bonchev–Trinajstić information content (AvgIpc) is 3.88. The van der Waals surface area contributed by atoms with Crippen molar-refractivity contribution < 1.29 is 28.7 Å². The number of carbonyl (C=O) groups excluding carboxylic acids is 5. The molecular formula is C33H40N4O6. The van der Waals surface area contributed by atoms with Gasteiger partial charge in [0.2, 0.25) is 23.6 Å². The van der Waals surface area contributed by atoms with Crippen molar-refractivity contribution >= 4 is 29.6 Å². The number of ether oxygens (including phenoxy) is 1. The Morgan fingerprint density at radius 2 is 1.00 bits per heavy atom. The number of likely N-dealkylation sites (tertiary alicyclic amines) is 4. The van der Waals surface area contributed by atoms with Gasteiger partial charge in [0.1, 0.15) is 30.8 Å². The van der Waals surface area contributed by atoms with Crippen LogP contribution in [0.4, 0.5) is 0 Å². The summed E-state index contributed by atoms with van der Waals surface area (Å²) in [5.74, 6) is -1.43. The van der Waals surface area contributed by atoms with Crippen LogP contribution < -0.4 is 0 Å². The van der Waals surface area contributed by atoms with E-state index in [1.807, 2.05) is 54.6 Å². The van der Waals surface area contributed by atoms with Crippen LogP contribution in [0.25, 0.3) is 0 Å². The highest BCUT2D eigenvalue weighted by atomic mass is 16.5. The summed E-state index contributed by atoms with van der Waals surface area (Å²) >= 11 is 0. The molecule has 4 saturated heterocycles.